The number of carbonyl (C=O) groups excluding carboxylic acids is 2. The zero-order valence-corrected chi connectivity index (χ0v) is 19.7. The highest BCUT2D eigenvalue weighted by Crippen LogP contribution is 2.42. The maximum atomic E-state index is 13.3. The number of amides is 2. The van der Waals surface area contributed by atoms with Crippen molar-refractivity contribution in [3.63, 3.8) is 0 Å². The largest absolute Gasteiger partial charge is 0.377 e. The lowest BCUT2D eigenvalue weighted by Gasteiger charge is -2.40. The number of aromatic nitrogens is 3. The van der Waals surface area contributed by atoms with Crippen LogP contribution in [-0.2, 0) is 12.6 Å². The third-order valence-corrected chi connectivity index (χ3v) is 6.51. The van der Waals surface area contributed by atoms with Crippen LogP contribution in [0.2, 0.25) is 0 Å². The van der Waals surface area contributed by atoms with Crippen LogP contribution in [0.4, 0.5) is 11.4 Å². The Bertz CT molecular complexity index is 1300. The van der Waals surface area contributed by atoms with Crippen LogP contribution in [0.1, 0.15) is 46.0 Å². The molecule has 9 nitrogen and oxygen atoms in total. The number of fused-ring (bicyclic) bond motifs is 1. The van der Waals surface area contributed by atoms with Gasteiger partial charge in [0.15, 0.2) is 5.82 Å². The fraction of sp³-hybridized carbons (Fsp3) is 0.320. The summed E-state index contributed by atoms with van der Waals surface area (Å²) in [5.41, 5.74) is 3.63. The van der Waals surface area contributed by atoms with Crippen LogP contribution < -0.4 is 10.2 Å². The summed E-state index contributed by atoms with van der Waals surface area (Å²) in [6.07, 6.45) is 8.62. The first kappa shape index (κ1) is 21.8. The number of rotatable bonds is 5. The summed E-state index contributed by atoms with van der Waals surface area (Å²) in [4.78, 5) is 42.1. The van der Waals surface area contributed by atoms with Crippen LogP contribution in [0.15, 0.2) is 54.0 Å². The predicted octanol–water partition coefficient (Wildman–Crippen LogP) is 2.70. The number of carbonyl (C=O) groups is 2. The van der Waals surface area contributed by atoms with Crippen molar-refractivity contribution in [2.24, 2.45) is 12.0 Å². The van der Waals surface area contributed by atoms with Crippen molar-refractivity contribution >= 4 is 29.4 Å². The van der Waals surface area contributed by atoms with Crippen LogP contribution >= 0.6 is 0 Å². The summed E-state index contributed by atoms with van der Waals surface area (Å²) in [5, 5.41) is 3.44. The van der Waals surface area contributed by atoms with E-state index in [1.54, 1.807) is 52.4 Å². The van der Waals surface area contributed by atoms with Gasteiger partial charge in [0.2, 0.25) is 0 Å². The third-order valence-electron chi connectivity index (χ3n) is 6.51. The average Bonchev–Trinajstić information content (AvgIpc) is 3.29. The number of pyridine rings is 1. The second-order valence-electron chi connectivity index (χ2n) is 9.24. The molecule has 0 aliphatic carbocycles. The number of hydrogen-bond donors (Lipinski definition) is 1. The van der Waals surface area contributed by atoms with Crippen molar-refractivity contribution in [3.05, 3.63) is 71.6 Å². The van der Waals surface area contributed by atoms with Gasteiger partial charge in [-0.1, -0.05) is 6.07 Å². The van der Waals surface area contributed by atoms with Crippen molar-refractivity contribution in [3.8, 4) is 0 Å². The zero-order chi connectivity index (χ0) is 24.0. The monoisotopic (exact) mass is 457 g/mol. The normalized spacial score (nSPS) is 17.2. The van der Waals surface area contributed by atoms with E-state index >= 15 is 0 Å². The molecule has 4 heterocycles. The van der Waals surface area contributed by atoms with E-state index in [0.717, 1.165) is 22.5 Å². The number of nitrogens with zero attached hydrogens (tertiary/aromatic N) is 6. The van der Waals surface area contributed by atoms with Gasteiger partial charge >= 0.3 is 0 Å². The standard InChI is InChI=1S/C25H27N7O2/c1-25(2)21-9-16(11-26-3)5-6-20(21)23(33)32(25)19-10-17(12-27-13-19)29-18-14-31(15-18)24(34)22-28-7-8-30(22)4/h5-13,18,29H,14-15H2,1-4H3/b26-11+. The number of aryl methyl sites for hydroxylation is 1. The molecule has 1 saturated heterocycles. The van der Waals surface area contributed by atoms with Gasteiger partial charge in [-0.3, -0.25) is 24.5 Å². The average molecular weight is 458 g/mol. The Hall–Kier alpha value is -4.01. The lowest BCUT2D eigenvalue weighted by atomic mass is 9.92. The Morgan fingerprint density at radius 3 is 2.74 bits per heavy atom. The van der Waals surface area contributed by atoms with E-state index in [-0.39, 0.29) is 17.9 Å². The molecule has 0 spiro atoms. The molecular formula is C25H27N7O2. The Kier molecular flexibility index (Phi) is 5.19. The molecule has 2 aliphatic rings. The molecule has 34 heavy (non-hydrogen) atoms. The van der Waals surface area contributed by atoms with Gasteiger partial charge in [-0.05, 0) is 43.2 Å². The van der Waals surface area contributed by atoms with Crippen molar-refractivity contribution in [2.75, 3.05) is 30.4 Å². The van der Waals surface area contributed by atoms with Crippen molar-refractivity contribution < 1.29 is 9.59 Å². The van der Waals surface area contributed by atoms with Crippen LogP contribution in [0.25, 0.3) is 0 Å². The van der Waals surface area contributed by atoms with Crippen LogP contribution in [-0.4, -0.2) is 63.6 Å². The molecule has 0 atom stereocenters. The minimum absolute atomic E-state index is 0.0468. The maximum Gasteiger partial charge on any atom is 0.289 e. The summed E-state index contributed by atoms with van der Waals surface area (Å²) < 4.78 is 1.72. The van der Waals surface area contributed by atoms with E-state index in [1.165, 1.54) is 0 Å². The fourth-order valence-corrected chi connectivity index (χ4v) is 4.73. The molecule has 174 valence electrons. The van der Waals surface area contributed by atoms with Gasteiger partial charge in [-0.2, -0.15) is 0 Å². The van der Waals surface area contributed by atoms with Crippen molar-refractivity contribution in [2.45, 2.75) is 25.4 Å². The van der Waals surface area contributed by atoms with Gasteiger partial charge in [0.05, 0.1) is 35.3 Å². The van der Waals surface area contributed by atoms with E-state index in [9.17, 15) is 9.59 Å². The second kappa shape index (κ2) is 8.09. The Morgan fingerprint density at radius 1 is 1.24 bits per heavy atom. The lowest BCUT2D eigenvalue weighted by Crippen LogP contribution is -2.57. The highest BCUT2D eigenvalue weighted by molar-refractivity contribution is 6.12. The molecule has 0 radical (unpaired) electrons. The summed E-state index contributed by atoms with van der Waals surface area (Å²) in [6, 6.07) is 7.85. The zero-order valence-electron chi connectivity index (χ0n) is 19.7. The highest BCUT2D eigenvalue weighted by Gasteiger charge is 2.44. The lowest BCUT2D eigenvalue weighted by molar-refractivity contribution is 0.0608. The van der Waals surface area contributed by atoms with Gasteiger partial charge < -0.3 is 14.8 Å². The number of nitrogens with one attached hydrogen (secondary N) is 1. The van der Waals surface area contributed by atoms with E-state index < -0.39 is 5.54 Å². The van der Waals surface area contributed by atoms with Gasteiger partial charge in [0.1, 0.15) is 0 Å². The minimum Gasteiger partial charge on any atom is -0.377 e. The molecule has 3 aromatic rings. The number of aliphatic imine (C=N–C) groups is 1. The highest BCUT2D eigenvalue weighted by atomic mass is 16.2. The van der Waals surface area contributed by atoms with E-state index in [2.05, 4.69) is 20.3 Å². The maximum absolute atomic E-state index is 13.3. The SMILES string of the molecule is C/N=C/c1ccc2c(c1)C(C)(C)N(c1cncc(NC3CN(C(=O)c4nccn4C)C3)c1)C2=O. The Morgan fingerprint density at radius 2 is 2.03 bits per heavy atom. The first-order valence-corrected chi connectivity index (χ1v) is 11.2. The molecule has 0 bridgehead atoms. The van der Waals surface area contributed by atoms with Crippen molar-refractivity contribution in [1.29, 1.82) is 0 Å². The molecule has 2 amide bonds. The van der Waals surface area contributed by atoms with Gasteiger partial charge in [0, 0.05) is 51.4 Å². The first-order valence-electron chi connectivity index (χ1n) is 11.2. The summed E-state index contributed by atoms with van der Waals surface area (Å²) in [5.74, 6) is 0.311. The first-order chi connectivity index (χ1) is 16.3. The molecule has 0 saturated carbocycles. The number of imidazole rings is 1. The molecule has 1 fully saturated rings. The molecular weight excluding hydrogens is 430 g/mol. The quantitative estimate of drug-likeness (QED) is 0.595. The van der Waals surface area contributed by atoms with E-state index in [0.29, 0.717) is 24.5 Å². The molecule has 2 aromatic heterocycles. The number of hydrogen-bond acceptors (Lipinski definition) is 6. The van der Waals surface area contributed by atoms with E-state index in [1.807, 2.05) is 45.2 Å². The summed E-state index contributed by atoms with van der Waals surface area (Å²) in [6.45, 7) is 5.24. The summed E-state index contributed by atoms with van der Waals surface area (Å²) >= 11 is 0. The smallest absolute Gasteiger partial charge is 0.289 e. The van der Waals surface area contributed by atoms with Gasteiger partial charge in [0.25, 0.3) is 11.8 Å². The Balaban J connectivity index is 1.31. The molecule has 1 N–H and O–H groups in total. The molecule has 0 unspecified atom stereocenters. The van der Waals surface area contributed by atoms with Crippen LogP contribution in [0.3, 0.4) is 0 Å². The third kappa shape index (κ3) is 3.53. The van der Waals surface area contributed by atoms with Gasteiger partial charge in [-0.15, -0.1) is 0 Å². The minimum atomic E-state index is -0.536. The number of benzene rings is 1. The van der Waals surface area contributed by atoms with Crippen LogP contribution in [0, 0.1) is 0 Å². The molecule has 1 aromatic carbocycles. The topological polar surface area (TPSA) is 95.7 Å². The second-order valence-corrected chi connectivity index (χ2v) is 9.24. The molecule has 5 rings (SSSR count). The van der Waals surface area contributed by atoms with Crippen molar-refractivity contribution in [1.82, 2.24) is 19.4 Å². The molecule has 2 aliphatic heterocycles. The van der Waals surface area contributed by atoms with E-state index in [4.69, 9.17) is 0 Å². The van der Waals surface area contributed by atoms with Gasteiger partial charge in [-0.25, -0.2) is 4.98 Å². The number of likely N-dealkylation sites (tertiary alicyclic amines) is 1. The van der Waals surface area contributed by atoms with Crippen LogP contribution in [0.5, 0.6) is 0 Å². The summed E-state index contributed by atoms with van der Waals surface area (Å²) in [7, 11) is 3.54. The predicted molar refractivity (Wildman–Crippen MR) is 131 cm³/mol. The molecule has 9 heteroatoms. The Labute approximate surface area is 198 Å². The fourth-order valence-electron chi connectivity index (χ4n) is 4.73. The number of anilines is 2.